The maximum absolute atomic E-state index is 5.68. The van der Waals surface area contributed by atoms with Crippen LogP contribution in [0.2, 0.25) is 0 Å². The van der Waals surface area contributed by atoms with Crippen molar-refractivity contribution < 1.29 is 4.74 Å². The van der Waals surface area contributed by atoms with E-state index in [1.807, 2.05) is 0 Å². The van der Waals surface area contributed by atoms with E-state index in [-0.39, 0.29) is 0 Å². The summed E-state index contributed by atoms with van der Waals surface area (Å²) in [5, 5.41) is 0. The fourth-order valence-electron chi connectivity index (χ4n) is 2.33. The van der Waals surface area contributed by atoms with Crippen LogP contribution in [0.5, 0.6) is 0 Å². The van der Waals surface area contributed by atoms with Gasteiger partial charge in [-0.25, -0.2) is 0 Å². The predicted octanol–water partition coefficient (Wildman–Crippen LogP) is 1.41. The van der Waals surface area contributed by atoms with E-state index in [9.17, 15) is 0 Å². The Morgan fingerprint density at radius 2 is 1.58 bits per heavy atom. The first-order chi connectivity index (χ1) is 9.22. The Hall–Kier alpha value is -0.160. The minimum absolute atomic E-state index is 0.747. The van der Waals surface area contributed by atoms with Gasteiger partial charge in [-0.3, -0.25) is 4.90 Å². The van der Waals surface area contributed by atoms with Gasteiger partial charge in [0.2, 0.25) is 0 Å². The highest BCUT2D eigenvalue weighted by Crippen LogP contribution is 2.04. The van der Waals surface area contributed by atoms with Crippen molar-refractivity contribution in [2.45, 2.75) is 33.1 Å². The lowest BCUT2D eigenvalue weighted by atomic mass is 10.1. The minimum atomic E-state index is 0.747. The maximum atomic E-state index is 5.68. The van der Waals surface area contributed by atoms with E-state index in [1.54, 1.807) is 0 Å². The summed E-state index contributed by atoms with van der Waals surface area (Å²) in [6.07, 6.45) is 3.58. The zero-order valence-electron chi connectivity index (χ0n) is 12.9. The molecule has 19 heavy (non-hydrogen) atoms. The molecule has 4 heteroatoms. The molecule has 1 fully saturated rings. The fourth-order valence-corrected chi connectivity index (χ4v) is 2.33. The first-order valence-electron chi connectivity index (χ1n) is 7.95. The van der Waals surface area contributed by atoms with Crippen molar-refractivity contribution in [1.82, 2.24) is 9.80 Å². The third-order valence-electron chi connectivity index (χ3n) is 3.78. The summed E-state index contributed by atoms with van der Waals surface area (Å²) in [6.45, 7) is 14.2. The van der Waals surface area contributed by atoms with Gasteiger partial charge in [0, 0.05) is 39.3 Å². The molecule has 2 N–H and O–H groups in total. The lowest BCUT2D eigenvalue weighted by molar-refractivity contribution is 0.0710. The molecule has 1 saturated heterocycles. The van der Waals surface area contributed by atoms with Crippen LogP contribution in [0.3, 0.4) is 0 Å². The Morgan fingerprint density at radius 3 is 2.16 bits per heavy atom. The Morgan fingerprint density at radius 1 is 0.947 bits per heavy atom. The predicted molar refractivity (Wildman–Crippen MR) is 81.4 cm³/mol. The number of nitrogens with two attached hydrogens (primary N) is 1. The summed E-state index contributed by atoms with van der Waals surface area (Å²) in [5.74, 6) is 0.747. The average Bonchev–Trinajstić information content (AvgIpc) is 2.40. The van der Waals surface area contributed by atoms with Crippen LogP contribution in [0.4, 0.5) is 0 Å². The molecule has 1 rings (SSSR count). The lowest BCUT2D eigenvalue weighted by Gasteiger charge is -2.34. The van der Waals surface area contributed by atoms with E-state index in [0.717, 1.165) is 38.6 Å². The van der Waals surface area contributed by atoms with Gasteiger partial charge in [0.05, 0.1) is 6.61 Å². The zero-order valence-corrected chi connectivity index (χ0v) is 12.9. The summed E-state index contributed by atoms with van der Waals surface area (Å²) in [7, 11) is 0. The number of hydrogen-bond donors (Lipinski definition) is 1. The number of rotatable bonds is 10. The highest BCUT2D eigenvalue weighted by molar-refractivity contribution is 4.71. The number of piperazine rings is 1. The largest absolute Gasteiger partial charge is 0.380 e. The van der Waals surface area contributed by atoms with E-state index < -0.39 is 0 Å². The van der Waals surface area contributed by atoms with Crippen LogP contribution in [-0.2, 0) is 4.74 Å². The van der Waals surface area contributed by atoms with Crippen molar-refractivity contribution in [3.63, 3.8) is 0 Å². The van der Waals surface area contributed by atoms with Crippen LogP contribution in [0.15, 0.2) is 0 Å². The standard InChI is InChI=1S/C15H33N3O/c1-15(2)5-13-19-14-12-18-10-8-17(9-11-18)7-4-3-6-16/h15H,3-14,16H2,1-2H3. The normalized spacial score (nSPS) is 18.3. The number of ether oxygens (including phenoxy) is 1. The topological polar surface area (TPSA) is 41.7 Å². The highest BCUT2D eigenvalue weighted by Gasteiger charge is 2.15. The van der Waals surface area contributed by atoms with Crippen molar-refractivity contribution in [3.05, 3.63) is 0 Å². The second kappa shape index (κ2) is 10.6. The van der Waals surface area contributed by atoms with Crippen molar-refractivity contribution in [2.75, 3.05) is 59.0 Å². The van der Waals surface area contributed by atoms with Crippen LogP contribution in [0.1, 0.15) is 33.1 Å². The Bertz CT molecular complexity index is 204. The molecule has 0 radical (unpaired) electrons. The second-order valence-corrected chi connectivity index (χ2v) is 5.97. The molecule has 0 atom stereocenters. The van der Waals surface area contributed by atoms with E-state index >= 15 is 0 Å². The summed E-state index contributed by atoms with van der Waals surface area (Å²) >= 11 is 0. The van der Waals surface area contributed by atoms with Crippen LogP contribution < -0.4 is 5.73 Å². The second-order valence-electron chi connectivity index (χ2n) is 5.97. The molecule has 1 aliphatic rings. The molecule has 0 spiro atoms. The molecule has 0 saturated carbocycles. The molecule has 0 aliphatic carbocycles. The van der Waals surface area contributed by atoms with Gasteiger partial charge >= 0.3 is 0 Å². The zero-order chi connectivity index (χ0) is 13.9. The first kappa shape index (κ1) is 16.9. The van der Waals surface area contributed by atoms with E-state index in [4.69, 9.17) is 10.5 Å². The Balaban J connectivity index is 1.94. The van der Waals surface area contributed by atoms with Gasteiger partial charge < -0.3 is 15.4 Å². The van der Waals surface area contributed by atoms with Gasteiger partial charge in [0.25, 0.3) is 0 Å². The molecule has 1 heterocycles. The smallest absolute Gasteiger partial charge is 0.0593 e. The third kappa shape index (κ3) is 8.58. The van der Waals surface area contributed by atoms with Crippen LogP contribution in [0.25, 0.3) is 0 Å². The SMILES string of the molecule is CC(C)CCOCCN1CCN(CCCCN)CC1. The van der Waals surface area contributed by atoms with Gasteiger partial charge in [-0.2, -0.15) is 0 Å². The van der Waals surface area contributed by atoms with Gasteiger partial charge in [-0.15, -0.1) is 0 Å². The first-order valence-corrected chi connectivity index (χ1v) is 7.95. The summed E-state index contributed by atoms with van der Waals surface area (Å²) in [6, 6.07) is 0. The molecule has 0 aromatic carbocycles. The van der Waals surface area contributed by atoms with Crippen LogP contribution in [-0.4, -0.2) is 68.8 Å². The number of hydrogen-bond acceptors (Lipinski definition) is 4. The Kier molecular flexibility index (Phi) is 9.43. The van der Waals surface area contributed by atoms with E-state index in [0.29, 0.717) is 0 Å². The molecule has 0 aromatic rings. The van der Waals surface area contributed by atoms with Crippen LogP contribution >= 0.6 is 0 Å². The molecular weight excluding hydrogens is 238 g/mol. The summed E-state index contributed by atoms with van der Waals surface area (Å²) < 4.78 is 5.68. The van der Waals surface area contributed by atoms with Crippen molar-refractivity contribution in [3.8, 4) is 0 Å². The third-order valence-corrected chi connectivity index (χ3v) is 3.78. The quantitative estimate of drug-likeness (QED) is 0.610. The molecule has 114 valence electrons. The molecule has 0 unspecified atom stereocenters. The van der Waals surface area contributed by atoms with Gasteiger partial charge in [-0.1, -0.05) is 13.8 Å². The van der Waals surface area contributed by atoms with E-state index in [2.05, 4.69) is 23.6 Å². The fraction of sp³-hybridized carbons (Fsp3) is 1.00. The lowest BCUT2D eigenvalue weighted by Crippen LogP contribution is -2.47. The van der Waals surface area contributed by atoms with Crippen molar-refractivity contribution in [2.24, 2.45) is 11.7 Å². The number of nitrogens with zero attached hydrogens (tertiary/aromatic N) is 2. The molecule has 0 bridgehead atoms. The van der Waals surface area contributed by atoms with Crippen molar-refractivity contribution >= 4 is 0 Å². The van der Waals surface area contributed by atoms with Gasteiger partial charge in [0.15, 0.2) is 0 Å². The Labute approximate surface area is 119 Å². The molecule has 0 amide bonds. The summed E-state index contributed by atoms with van der Waals surface area (Å²) in [5.41, 5.74) is 5.52. The molecule has 1 aliphatic heterocycles. The minimum Gasteiger partial charge on any atom is -0.380 e. The van der Waals surface area contributed by atoms with Gasteiger partial charge in [-0.05, 0) is 38.3 Å². The van der Waals surface area contributed by atoms with E-state index in [1.165, 1.54) is 45.6 Å². The monoisotopic (exact) mass is 271 g/mol. The van der Waals surface area contributed by atoms with Crippen molar-refractivity contribution in [1.29, 1.82) is 0 Å². The van der Waals surface area contributed by atoms with Crippen LogP contribution in [0, 0.1) is 5.92 Å². The summed E-state index contributed by atoms with van der Waals surface area (Å²) in [4.78, 5) is 5.08. The maximum Gasteiger partial charge on any atom is 0.0593 e. The molecular formula is C15H33N3O. The average molecular weight is 271 g/mol. The molecule has 0 aromatic heterocycles. The van der Waals surface area contributed by atoms with Gasteiger partial charge in [0.1, 0.15) is 0 Å². The highest BCUT2D eigenvalue weighted by atomic mass is 16.5. The number of unbranched alkanes of at least 4 members (excludes halogenated alkanes) is 1. The molecule has 4 nitrogen and oxygen atoms in total.